The monoisotopic (exact) mass is 715 g/mol. The molecule has 1 heterocycles. The predicted octanol–water partition coefficient (Wildman–Crippen LogP) is 4.39. The van der Waals surface area contributed by atoms with Gasteiger partial charge in [0, 0.05) is 40.3 Å². The third kappa shape index (κ3) is 12.0. The summed E-state index contributed by atoms with van der Waals surface area (Å²) in [6.45, 7) is 16.3. The highest BCUT2D eigenvalue weighted by atomic mass is 16.5. The number of hydrogen-bond acceptors (Lipinski definition) is 7. The van der Waals surface area contributed by atoms with Gasteiger partial charge in [0.2, 0.25) is 23.6 Å². The molecular weight excluding hydrogens is 646 g/mol. The molecular formula is C40H68N5O6. The molecule has 11 heteroatoms. The first kappa shape index (κ1) is 44.1. The topological polar surface area (TPSA) is 121 Å². The molecule has 1 saturated heterocycles. The first-order valence-electron chi connectivity index (χ1n) is 18.8. The van der Waals surface area contributed by atoms with Gasteiger partial charge < -0.3 is 29.9 Å². The smallest absolute Gasteiger partial charge is 0.245 e. The van der Waals surface area contributed by atoms with E-state index >= 15 is 0 Å². The predicted molar refractivity (Wildman–Crippen MR) is 203 cm³/mol. The summed E-state index contributed by atoms with van der Waals surface area (Å²) in [4.78, 5) is 60.5. The molecule has 2 rings (SSSR count). The van der Waals surface area contributed by atoms with Crippen LogP contribution in [0.1, 0.15) is 86.6 Å². The lowest BCUT2D eigenvalue weighted by molar-refractivity contribution is -0.148. The molecule has 289 valence electrons. The standard InChI is InChI=1S/C40H68N5O6/c1-14-27(6)36(44(11)40(49)34(25(2)3)42-39(48)35(26(4)5)43(9)10)32(50-12)24-33(46)45-22-18-21-31(45)37(51-13)29(8)38(47)41-28(7)23-30-19-16-15-17-20-30/h15-17,19-20,23,25-29,31-32,34-37H,14,18,21-22,24H2,1-13H3,(H,41,47)(H,42,48)/t27-,28+,29+,31-,32+,34-,35-,36-,37+/m0/s1. The van der Waals surface area contributed by atoms with E-state index in [9.17, 15) is 19.2 Å². The number of rotatable bonds is 20. The Morgan fingerprint density at radius 3 is 2.04 bits per heavy atom. The molecule has 0 aromatic heterocycles. The molecule has 11 nitrogen and oxygen atoms in total. The lowest BCUT2D eigenvalue weighted by Gasteiger charge is -2.41. The first-order chi connectivity index (χ1) is 24.0. The van der Waals surface area contributed by atoms with E-state index in [1.807, 2.05) is 102 Å². The fourth-order valence-electron chi connectivity index (χ4n) is 7.66. The number of nitrogens with zero attached hydrogens (tertiary/aromatic N) is 3. The maximum absolute atomic E-state index is 14.2. The zero-order chi connectivity index (χ0) is 38.6. The Labute approximate surface area is 308 Å². The fourth-order valence-corrected chi connectivity index (χ4v) is 7.66. The molecule has 0 unspecified atom stereocenters. The molecule has 1 aromatic rings. The van der Waals surface area contributed by atoms with Crippen LogP contribution in [-0.2, 0) is 28.7 Å². The molecule has 51 heavy (non-hydrogen) atoms. The molecule has 0 saturated carbocycles. The summed E-state index contributed by atoms with van der Waals surface area (Å²) in [5, 5.41) is 6.14. The molecule has 9 atom stereocenters. The maximum atomic E-state index is 14.2. The quantitative estimate of drug-likeness (QED) is 0.206. The van der Waals surface area contributed by atoms with Gasteiger partial charge in [-0.1, -0.05) is 85.2 Å². The lowest BCUT2D eigenvalue weighted by Crippen LogP contribution is -2.59. The number of benzene rings is 1. The van der Waals surface area contributed by atoms with Gasteiger partial charge >= 0.3 is 0 Å². The minimum absolute atomic E-state index is 0.00454. The van der Waals surface area contributed by atoms with E-state index in [1.165, 1.54) is 0 Å². The average Bonchev–Trinajstić information content (AvgIpc) is 3.56. The van der Waals surface area contributed by atoms with Crippen molar-refractivity contribution in [1.82, 2.24) is 25.3 Å². The number of amides is 4. The van der Waals surface area contributed by atoms with E-state index in [2.05, 4.69) is 24.5 Å². The second kappa shape index (κ2) is 20.9. The van der Waals surface area contributed by atoms with Crippen molar-refractivity contribution in [1.29, 1.82) is 0 Å². The van der Waals surface area contributed by atoms with Crippen LogP contribution < -0.4 is 10.6 Å². The number of ether oxygens (including phenoxy) is 2. The number of likely N-dealkylation sites (tertiary alicyclic amines) is 1. The summed E-state index contributed by atoms with van der Waals surface area (Å²) in [6.07, 6.45) is 3.26. The second-order valence-electron chi connectivity index (χ2n) is 15.3. The number of likely N-dealkylation sites (N-methyl/N-ethyl adjacent to an activating group) is 2. The highest BCUT2D eigenvalue weighted by Gasteiger charge is 2.43. The Bertz CT molecular complexity index is 1230. The minimum atomic E-state index is -0.741. The first-order valence-corrected chi connectivity index (χ1v) is 18.8. The average molecular weight is 715 g/mol. The van der Waals surface area contributed by atoms with Crippen LogP contribution >= 0.6 is 0 Å². The molecule has 1 aliphatic rings. The van der Waals surface area contributed by atoms with Gasteiger partial charge in [-0.3, -0.25) is 24.1 Å². The van der Waals surface area contributed by atoms with E-state index in [1.54, 1.807) is 26.2 Å². The Morgan fingerprint density at radius 1 is 0.902 bits per heavy atom. The van der Waals surface area contributed by atoms with Gasteiger partial charge in [0.1, 0.15) is 6.04 Å². The Kier molecular flexibility index (Phi) is 18.1. The number of methoxy groups -OCH3 is 2. The molecule has 0 spiro atoms. The van der Waals surface area contributed by atoms with Crippen molar-refractivity contribution < 1.29 is 28.7 Å². The van der Waals surface area contributed by atoms with Crippen molar-refractivity contribution >= 4 is 23.6 Å². The zero-order valence-electron chi connectivity index (χ0n) is 33.6. The van der Waals surface area contributed by atoms with Crippen LogP contribution in [-0.4, -0.2) is 123 Å². The van der Waals surface area contributed by atoms with Crippen molar-refractivity contribution in [2.75, 3.05) is 41.9 Å². The summed E-state index contributed by atoms with van der Waals surface area (Å²) in [5.41, 5.74) is 1.03. The van der Waals surface area contributed by atoms with Crippen molar-refractivity contribution in [2.24, 2.45) is 23.7 Å². The van der Waals surface area contributed by atoms with Crippen molar-refractivity contribution in [2.45, 2.75) is 123 Å². The zero-order valence-corrected chi connectivity index (χ0v) is 33.6. The number of nitrogens with one attached hydrogen (secondary N) is 2. The number of hydrogen-bond donors (Lipinski definition) is 2. The number of carbonyl (C=O) groups excluding carboxylic acids is 4. The van der Waals surface area contributed by atoms with E-state index in [-0.39, 0.29) is 65.9 Å². The molecule has 1 aromatic carbocycles. The molecule has 0 bridgehead atoms. The summed E-state index contributed by atoms with van der Waals surface area (Å²) in [5.74, 6) is -1.23. The molecule has 4 amide bonds. The molecule has 2 N–H and O–H groups in total. The largest absolute Gasteiger partial charge is 0.379 e. The van der Waals surface area contributed by atoms with E-state index in [4.69, 9.17) is 9.47 Å². The molecule has 1 fully saturated rings. The highest BCUT2D eigenvalue weighted by molar-refractivity contribution is 5.90. The Balaban J connectivity index is 2.23. The van der Waals surface area contributed by atoms with Gasteiger partial charge in [0.25, 0.3) is 0 Å². The van der Waals surface area contributed by atoms with Crippen LogP contribution in [0.5, 0.6) is 0 Å². The van der Waals surface area contributed by atoms with Crippen molar-refractivity contribution in [3.63, 3.8) is 0 Å². The van der Waals surface area contributed by atoms with E-state index < -0.39 is 30.2 Å². The SMILES string of the molecule is CC[C@H](C)[C@@H]([C@@H](CC(=O)N1CCC[C@H]1[C@H](OC)[C@@H](C)C(=O)N[C@H](C)[CH]c1ccccc1)OC)N(C)C(=O)[C@@H](NC(=O)[C@H](C(C)C)N(C)C)C(C)C. The van der Waals surface area contributed by atoms with Crippen molar-refractivity contribution in [3.05, 3.63) is 42.3 Å². The molecule has 1 radical (unpaired) electrons. The minimum Gasteiger partial charge on any atom is -0.379 e. The van der Waals surface area contributed by atoms with E-state index in [0.29, 0.717) is 6.54 Å². The normalized spacial score (nSPS) is 19.6. The van der Waals surface area contributed by atoms with Gasteiger partial charge in [-0.05, 0) is 57.2 Å². The summed E-state index contributed by atoms with van der Waals surface area (Å²) < 4.78 is 12.0. The highest BCUT2D eigenvalue weighted by Crippen LogP contribution is 2.30. The van der Waals surface area contributed by atoms with E-state index in [0.717, 1.165) is 24.8 Å². The van der Waals surface area contributed by atoms with Gasteiger partial charge in [-0.2, -0.15) is 0 Å². The van der Waals surface area contributed by atoms with Gasteiger partial charge in [-0.25, -0.2) is 0 Å². The number of carbonyl (C=O) groups is 4. The summed E-state index contributed by atoms with van der Waals surface area (Å²) in [7, 11) is 8.65. The van der Waals surface area contributed by atoms with Crippen molar-refractivity contribution in [3.8, 4) is 0 Å². The molecule has 1 aliphatic heterocycles. The summed E-state index contributed by atoms with van der Waals surface area (Å²) >= 11 is 0. The third-order valence-electron chi connectivity index (χ3n) is 10.6. The van der Waals surface area contributed by atoms with Gasteiger partial charge in [-0.15, -0.1) is 0 Å². The third-order valence-corrected chi connectivity index (χ3v) is 10.6. The van der Waals surface area contributed by atoms with Gasteiger partial charge in [0.15, 0.2) is 0 Å². The lowest BCUT2D eigenvalue weighted by atomic mass is 9.89. The van der Waals surface area contributed by atoms with Gasteiger partial charge in [0.05, 0.1) is 42.7 Å². The molecule has 0 aliphatic carbocycles. The van der Waals surface area contributed by atoms with Crippen LogP contribution in [0, 0.1) is 30.1 Å². The van der Waals surface area contributed by atoms with Crippen LogP contribution in [0.3, 0.4) is 0 Å². The Morgan fingerprint density at radius 2 is 1.53 bits per heavy atom. The van der Waals surface area contributed by atoms with Crippen LogP contribution in [0.4, 0.5) is 0 Å². The second-order valence-corrected chi connectivity index (χ2v) is 15.3. The Hall–Kier alpha value is -3.02. The summed E-state index contributed by atoms with van der Waals surface area (Å²) in [6, 6.07) is 7.86. The van der Waals surface area contributed by atoms with Crippen LogP contribution in [0.2, 0.25) is 0 Å². The fraction of sp³-hybridized carbons (Fsp3) is 0.725. The maximum Gasteiger partial charge on any atom is 0.245 e. The van der Waals surface area contributed by atoms with Crippen LogP contribution in [0.25, 0.3) is 0 Å². The van der Waals surface area contributed by atoms with Crippen LogP contribution in [0.15, 0.2) is 30.3 Å².